The number of nitrogens with one attached hydrogen (secondary N) is 2. The van der Waals surface area contributed by atoms with Gasteiger partial charge in [0.05, 0.1) is 4.90 Å². The van der Waals surface area contributed by atoms with Crippen LogP contribution in [-0.2, 0) is 16.6 Å². The number of rotatable bonds is 5. The molecule has 6 nitrogen and oxygen atoms in total. The summed E-state index contributed by atoms with van der Waals surface area (Å²) in [7, 11) is -1.68. The van der Waals surface area contributed by atoms with Crippen LogP contribution < -0.4 is 10.6 Å². The largest absolute Gasteiger partial charge is 0.354 e. The Kier molecular flexibility index (Phi) is 7.13. The lowest BCUT2D eigenvalue weighted by atomic mass is 9.96. The Morgan fingerprint density at radius 2 is 1.74 bits per heavy atom. The zero-order valence-electron chi connectivity index (χ0n) is 16.3. The molecule has 1 heterocycles. The van der Waals surface area contributed by atoms with Gasteiger partial charge in [-0.2, -0.15) is 4.31 Å². The fraction of sp³-hybridized carbons (Fsp3) is 0.650. The van der Waals surface area contributed by atoms with Crippen LogP contribution >= 0.6 is 0 Å². The van der Waals surface area contributed by atoms with Crippen LogP contribution in [0.25, 0.3) is 0 Å². The molecule has 27 heavy (non-hydrogen) atoms. The van der Waals surface area contributed by atoms with Gasteiger partial charge in [-0.05, 0) is 37.3 Å². The van der Waals surface area contributed by atoms with Crippen molar-refractivity contribution in [2.45, 2.75) is 68.8 Å². The van der Waals surface area contributed by atoms with E-state index in [4.69, 9.17) is 0 Å². The Labute approximate surface area is 163 Å². The summed E-state index contributed by atoms with van der Waals surface area (Å²) in [5.74, 6) is 0.743. The number of hydrogen-bond donors (Lipinski definition) is 2. The second-order valence-electron chi connectivity index (χ2n) is 7.48. The topological polar surface area (TPSA) is 73.8 Å². The first kappa shape index (κ1) is 20.1. The van der Waals surface area contributed by atoms with Gasteiger partial charge in [-0.15, -0.1) is 0 Å². The number of benzene rings is 1. The van der Waals surface area contributed by atoms with Crippen molar-refractivity contribution in [3.8, 4) is 0 Å². The van der Waals surface area contributed by atoms with E-state index in [1.165, 1.54) is 32.1 Å². The summed E-state index contributed by atoms with van der Waals surface area (Å²) >= 11 is 0. The molecule has 0 spiro atoms. The summed E-state index contributed by atoms with van der Waals surface area (Å²) in [6.45, 7) is 1.68. The lowest BCUT2D eigenvalue weighted by Crippen LogP contribution is -2.44. The Hall–Kier alpha value is -1.60. The van der Waals surface area contributed by atoms with Crippen molar-refractivity contribution in [2.24, 2.45) is 4.99 Å². The van der Waals surface area contributed by atoms with Crippen LogP contribution in [0.15, 0.2) is 34.2 Å². The second kappa shape index (κ2) is 9.55. The molecule has 2 N–H and O–H groups in total. The first-order valence-electron chi connectivity index (χ1n) is 10.2. The average Bonchev–Trinajstić information content (AvgIpc) is 2.72. The summed E-state index contributed by atoms with van der Waals surface area (Å²) in [5.41, 5.74) is 0.787. The minimum absolute atomic E-state index is 0.410. The molecule has 7 heteroatoms. The van der Waals surface area contributed by atoms with Gasteiger partial charge in [0, 0.05) is 32.7 Å². The monoisotopic (exact) mass is 392 g/mol. The first-order chi connectivity index (χ1) is 13.1. The van der Waals surface area contributed by atoms with Crippen molar-refractivity contribution in [1.29, 1.82) is 0 Å². The van der Waals surface area contributed by atoms with Crippen LogP contribution in [0.2, 0.25) is 0 Å². The molecule has 1 aliphatic heterocycles. The smallest absolute Gasteiger partial charge is 0.243 e. The zero-order valence-corrected chi connectivity index (χ0v) is 17.1. The van der Waals surface area contributed by atoms with Crippen molar-refractivity contribution in [3.63, 3.8) is 0 Å². The van der Waals surface area contributed by atoms with E-state index < -0.39 is 10.0 Å². The van der Waals surface area contributed by atoms with Gasteiger partial charge < -0.3 is 10.6 Å². The van der Waals surface area contributed by atoms with Crippen molar-refractivity contribution in [3.05, 3.63) is 29.8 Å². The second-order valence-corrected chi connectivity index (χ2v) is 9.38. The Morgan fingerprint density at radius 1 is 1.07 bits per heavy atom. The van der Waals surface area contributed by atoms with Crippen molar-refractivity contribution in [1.82, 2.24) is 14.9 Å². The summed E-state index contributed by atoms with van der Waals surface area (Å²) in [5, 5.41) is 6.78. The van der Waals surface area contributed by atoms with Crippen LogP contribution in [0.4, 0.5) is 0 Å². The normalized spacial score (nSPS) is 20.4. The van der Waals surface area contributed by atoms with Gasteiger partial charge >= 0.3 is 0 Å². The molecule has 1 saturated carbocycles. The number of piperidine rings is 1. The Balaban J connectivity index is 1.68. The zero-order chi connectivity index (χ0) is 19.1. The molecule has 2 fully saturated rings. The first-order valence-corrected chi connectivity index (χ1v) is 11.6. The minimum Gasteiger partial charge on any atom is -0.354 e. The molecule has 0 atom stereocenters. The maximum absolute atomic E-state index is 13.1. The summed E-state index contributed by atoms with van der Waals surface area (Å²) in [6.07, 6.45) is 9.15. The summed E-state index contributed by atoms with van der Waals surface area (Å²) in [4.78, 5) is 4.72. The highest BCUT2D eigenvalue weighted by atomic mass is 32.2. The third-order valence-electron chi connectivity index (χ3n) is 5.52. The number of hydrogen-bond acceptors (Lipinski definition) is 3. The number of aliphatic imine (C=N–C) groups is 1. The van der Waals surface area contributed by atoms with E-state index in [1.807, 2.05) is 12.1 Å². The molecule has 1 aromatic carbocycles. The van der Waals surface area contributed by atoms with Gasteiger partial charge in [-0.1, -0.05) is 43.9 Å². The van der Waals surface area contributed by atoms with Gasteiger partial charge in [0.1, 0.15) is 0 Å². The maximum atomic E-state index is 13.1. The van der Waals surface area contributed by atoms with Crippen LogP contribution in [0.1, 0.15) is 56.9 Å². The molecule has 1 saturated heterocycles. The number of nitrogens with zero attached hydrogens (tertiary/aromatic N) is 2. The van der Waals surface area contributed by atoms with E-state index in [0.29, 0.717) is 30.6 Å². The molecule has 0 amide bonds. The van der Waals surface area contributed by atoms with Crippen molar-refractivity contribution < 1.29 is 8.42 Å². The fourth-order valence-corrected chi connectivity index (χ4v) is 5.70. The maximum Gasteiger partial charge on any atom is 0.243 e. The lowest BCUT2D eigenvalue weighted by Gasteiger charge is -2.27. The third kappa shape index (κ3) is 5.23. The van der Waals surface area contributed by atoms with Crippen LogP contribution in [0.3, 0.4) is 0 Å². The van der Waals surface area contributed by atoms with Gasteiger partial charge in [0.2, 0.25) is 10.0 Å². The molecule has 1 aromatic rings. The number of guanidine groups is 1. The van der Waals surface area contributed by atoms with E-state index in [-0.39, 0.29) is 0 Å². The highest BCUT2D eigenvalue weighted by Gasteiger charge is 2.27. The fourth-order valence-electron chi connectivity index (χ4n) is 3.96. The lowest BCUT2D eigenvalue weighted by molar-refractivity contribution is 0.346. The van der Waals surface area contributed by atoms with E-state index >= 15 is 0 Å². The molecule has 150 valence electrons. The Bertz CT molecular complexity index is 736. The molecule has 2 aliphatic rings. The predicted molar refractivity (Wildman–Crippen MR) is 109 cm³/mol. The molecular formula is C20H32N4O2S. The third-order valence-corrected chi connectivity index (χ3v) is 7.52. The molecular weight excluding hydrogens is 360 g/mol. The average molecular weight is 393 g/mol. The minimum atomic E-state index is -3.44. The van der Waals surface area contributed by atoms with E-state index in [1.54, 1.807) is 23.5 Å². The van der Waals surface area contributed by atoms with Gasteiger partial charge in [0.25, 0.3) is 0 Å². The molecule has 0 bridgehead atoms. The SMILES string of the molecule is CN=C(NCc1ccccc1S(=O)(=O)N1CCCCC1)NC1CCCCC1. The molecule has 0 aromatic heterocycles. The van der Waals surface area contributed by atoms with Gasteiger partial charge in [-0.25, -0.2) is 8.42 Å². The van der Waals surface area contributed by atoms with Gasteiger partial charge in [-0.3, -0.25) is 4.99 Å². The van der Waals surface area contributed by atoms with Gasteiger partial charge in [0.15, 0.2) is 5.96 Å². The van der Waals surface area contributed by atoms with E-state index in [2.05, 4.69) is 15.6 Å². The van der Waals surface area contributed by atoms with Crippen LogP contribution in [-0.4, -0.2) is 44.9 Å². The molecule has 0 unspecified atom stereocenters. The van der Waals surface area contributed by atoms with Crippen molar-refractivity contribution in [2.75, 3.05) is 20.1 Å². The molecule has 1 aliphatic carbocycles. The summed E-state index contributed by atoms with van der Waals surface area (Å²) < 4.78 is 27.8. The van der Waals surface area contributed by atoms with Crippen LogP contribution in [0.5, 0.6) is 0 Å². The van der Waals surface area contributed by atoms with Crippen molar-refractivity contribution >= 4 is 16.0 Å². The van der Waals surface area contributed by atoms with E-state index in [9.17, 15) is 8.42 Å². The number of sulfonamides is 1. The standard InChI is InChI=1S/C20H32N4O2S/c1-21-20(23-18-11-4-2-5-12-18)22-16-17-10-6-7-13-19(17)27(25,26)24-14-8-3-9-15-24/h6-7,10,13,18H,2-5,8-9,11-12,14-16H2,1H3,(H2,21,22,23). The summed E-state index contributed by atoms with van der Waals surface area (Å²) in [6, 6.07) is 7.76. The molecule has 0 radical (unpaired) electrons. The highest BCUT2D eigenvalue weighted by molar-refractivity contribution is 7.89. The molecule has 3 rings (SSSR count). The quantitative estimate of drug-likeness (QED) is 0.597. The predicted octanol–water partition coefficient (Wildman–Crippen LogP) is 2.86. The van der Waals surface area contributed by atoms with E-state index in [0.717, 1.165) is 30.8 Å². The Morgan fingerprint density at radius 3 is 2.44 bits per heavy atom. The van der Waals surface area contributed by atoms with Crippen LogP contribution in [0, 0.1) is 0 Å². The highest BCUT2D eigenvalue weighted by Crippen LogP contribution is 2.23.